The first kappa shape index (κ1) is 16.0. The molecule has 0 radical (unpaired) electrons. The van der Waals surface area contributed by atoms with Crippen molar-refractivity contribution in [2.75, 3.05) is 19.0 Å². The maximum atomic E-state index is 6.14. The lowest BCUT2D eigenvalue weighted by atomic mass is 10.3. The van der Waals surface area contributed by atoms with Gasteiger partial charge in [0.1, 0.15) is 18.2 Å². The zero-order valence-corrected chi connectivity index (χ0v) is 14.0. The van der Waals surface area contributed by atoms with E-state index in [1.165, 1.54) is 0 Å². The summed E-state index contributed by atoms with van der Waals surface area (Å²) in [5, 5.41) is 3.63. The smallest absolute Gasteiger partial charge is 0.224 e. The molecule has 112 valence electrons. The third-order valence-corrected chi connectivity index (χ3v) is 3.28. The predicted molar refractivity (Wildman–Crippen MR) is 86.1 cm³/mol. The van der Waals surface area contributed by atoms with Gasteiger partial charge in [0, 0.05) is 24.2 Å². The van der Waals surface area contributed by atoms with Gasteiger partial charge in [0.05, 0.1) is 5.02 Å². The van der Waals surface area contributed by atoms with Crippen LogP contribution in [0.25, 0.3) is 0 Å². The molecule has 1 N–H and O–H groups in total. The second-order valence-corrected chi connectivity index (χ2v) is 5.47. The molecule has 1 aromatic heterocycles. The van der Waals surface area contributed by atoms with Crippen molar-refractivity contribution in [3.8, 4) is 11.6 Å². The van der Waals surface area contributed by atoms with Crippen molar-refractivity contribution in [2.24, 2.45) is 0 Å². The van der Waals surface area contributed by atoms with Crippen molar-refractivity contribution >= 4 is 33.3 Å². The van der Waals surface area contributed by atoms with Gasteiger partial charge < -0.3 is 14.8 Å². The molecule has 0 fully saturated rings. The Balaban J connectivity index is 2.29. The number of ether oxygens (including phenoxy) is 2. The standard InChI is InChI=1S/C14H15BrClN3O2/c1-3-17-12-7-14(19-13(18-12)8-20-2)21-11-5-4-9(15)6-10(11)16/h4-7H,3,8H2,1-2H3,(H,17,18,19). The minimum atomic E-state index is 0.309. The number of nitrogens with zero attached hydrogens (tertiary/aromatic N) is 2. The summed E-state index contributed by atoms with van der Waals surface area (Å²) in [6, 6.07) is 7.11. The molecule has 0 aliphatic heterocycles. The maximum Gasteiger partial charge on any atom is 0.224 e. The van der Waals surface area contributed by atoms with E-state index >= 15 is 0 Å². The molecule has 21 heavy (non-hydrogen) atoms. The summed E-state index contributed by atoms with van der Waals surface area (Å²) in [5.41, 5.74) is 0. The number of aromatic nitrogens is 2. The van der Waals surface area contributed by atoms with Gasteiger partial charge in [-0.25, -0.2) is 4.98 Å². The summed E-state index contributed by atoms with van der Waals surface area (Å²) in [5.74, 6) is 2.17. The van der Waals surface area contributed by atoms with Crippen LogP contribution in [0.4, 0.5) is 5.82 Å². The first-order valence-electron chi connectivity index (χ1n) is 6.36. The molecule has 0 spiro atoms. The minimum absolute atomic E-state index is 0.309. The molecule has 7 heteroatoms. The van der Waals surface area contributed by atoms with Crippen molar-refractivity contribution in [3.63, 3.8) is 0 Å². The Hall–Kier alpha value is -1.37. The van der Waals surface area contributed by atoms with Gasteiger partial charge in [-0.15, -0.1) is 0 Å². The number of halogens is 2. The Morgan fingerprint density at radius 2 is 2.10 bits per heavy atom. The second kappa shape index (κ2) is 7.59. The van der Waals surface area contributed by atoms with E-state index in [0.29, 0.717) is 34.9 Å². The summed E-state index contributed by atoms with van der Waals surface area (Å²) in [6.45, 7) is 3.05. The molecule has 0 aliphatic rings. The third-order valence-electron chi connectivity index (χ3n) is 2.49. The van der Waals surface area contributed by atoms with E-state index in [-0.39, 0.29) is 0 Å². The van der Waals surface area contributed by atoms with Crippen LogP contribution in [0, 0.1) is 0 Å². The number of benzene rings is 1. The number of nitrogens with one attached hydrogen (secondary N) is 1. The number of hydrogen-bond acceptors (Lipinski definition) is 5. The summed E-state index contributed by atoms with van der Waals surface area (Å²) in [6.07, 6.45) is 0. The summed E-state index contributed by atoms with van der Waals surface area (Å²) < 4.78 is 11.7. The van der Waals surface area contributed by atoms with Gasteiger partial charge >= 0.3 is 0 Å². The fraction of sp³-hybridized carbons (Fsp3) is 0.286. The average molecular weight is 373 g/mol. The van der Waals surface area contributed by atoms with E-state index in [2.05, 4.69) is 31.2 Å². The normalized spacial score (nSPS) is 10.5. The van der Waals surface area contributed by atoms with Crippen molar-refractivity contribution in [1.29, 1.82) is 0 Å². The molecule has 2 aromatic rings. The van der Waals surface area contributed by atoms with Crippen LogP contribution in [-0.2, 0) is 11.3 Å². The van der Waals surface area contributed by atoms with Crippen LogP contribution in [0.5, 0.6) is 11.6 Å². The summed E-state index contributed by atoms with van der Waals surface area (Å²) in [4.78, 5) is 8.62. The minimum Gasteiger partial charge on any atom is -0.437 e. The Bertz CT molecular complexity index is 601. The molecule has 0 atom stereocenters. The number of hydrogen-bond donors (Lipinski definition) is 1. The zero-order chi connectivity index (χ0) is 15.2. The highest BCUT2D eigenvalue weighted by Crippen LogP contribution is 2.31. The molecule has 1 heterocycles. The van der Waals surface area contributed by atoms with Gasteiger partial charge in [-0.3, -0.25) is 0 Å². The van der Waals surface area contributed by atoms with Crippen molar-refractivity contribution in [1.82, 2.24) is 9.97 Å². The van der Waals surface area contributed by atoms with E-state index < -0.39 is 0 Å². The molecular formula is C14H15BrClN3O2. The lowest BCUT2D eigenvalue weighted by Crippen LogP contribution is -2.05. The van der Waals surface area contributed by atoms with E-state index in [4.69, 9.17) is 21.1 Å². The van der Waals surface area contributed by atoms with E-state index in [1.807, 2.05) is 13.0 Å². The van der Waals surface area contributed by atoms with E-state index in [9.17, 15) is 0 Å². The predicted octanol–water partition coefficient (Wildman–Crippen LogP) is 4.26. The van der Waals surface area contributed by atoms with Crippen molar-refractivity contribution < 1.29 is 9.47 Å². The van der Waals surface area contributed by atoms with E-state index in [1.54, 1.807) is 25.3 Å². The first-order valence-corrected chi connectivity index (χ1v) is 7.53. The molecule has 1 aromatic carbocycles. The number of rotatable bonds is 6. The summed E-state index contributed by atoms with van der Waals surface area (Å²) in [7, 11) is 1.59. The fourth-order valence-corrected chi connectivity index (χ4v) is 2.37. The van der Waals surface area contributed by atoms with Crippen LogP contribution in [-0.4, -0.2) is 23.6 Å². The molecule has 0 saturated carbocycles. The van der Waals surface area contributed by atoms with Crippen molar-refractivity contribution in [3.05, 3.63) is 39.6 Å². The van der Waals surface area contributed by atoms with Gasteiger partial charge in [0.2, 0.25) is 5.88 Å². The number of anilines is 1. The topological polar surface area (TPSA) is 56.3 Å². The quantitative estimate of drug-likeness (QED) is 0.821. The first-order chi connectivity index (χ1) is 10.1. The Kier molecular flexibility index (Phi) is 5.78. The number of methoxy groups -OCH3 is 1. The fourth-order valence-electron chi connectivity index (χ4n) is 1.66. The average Bonchev–Trinajstić information content (AvgIpc) is 2.42. The van der Waals surface area contributed by atoms with Crippen LogP contribution in [0.2, 0.25) is 5.02 Å². The lowest BCUT2D eigenvalue weighted by molar-refractivity contribution is 0.177. The Labute approximate surface area is 136 Å². The maximum absolute atomic E-state index is 6.14. The van der Waals surface area contributed by atoms with Crippen LogP contribution >= 0.6 is 27.5 Å². The molecule has 0 bridgehead atoms. The molecule has 2 rings (SSSR count). The van der Waals surface area contributed by atoms with Crippen LogP contribution in [0.3, 0.4) is 0 Å². The lowest BCUT2D eigenvalue weighted by Gasteiger charge is -2.10. The van der Waals surface area contributed by atoms with Crippen LogP contribution in [0.15, 0.2) is 28.7 Å². The van der Waals surface area contributed by atoms with Crippen LogP contribution in [0.1, 0.15) is 12.7 Å². The highest BCUT2D eigenvalue weighted by Gasteiger charge is 2.09. The zero-order valence-electron chi connectivity index (χ0n) is 11.7. The second-order valence-electron chi connectivity index (χ2n) is 4.15. The summed E-state index contributed by atoms with van der Waals surface area (Å²) >= 11 is 9.50. The molecule has 0 aliphatic carbocycles. The van der Waals surface area contributed by atoms with Crippen LogP contribution < -0.4 is 10.1 Å². The Morgan fingerprint density at radius 1 is 1.29 bits per heavy atom. The molecule has 0 saturated heterocycles. The van der Waals surface area contributed by atoms with Crippen molar-refractivity contribution in [2.45, 2.75) is 13.5 Å². The molecular weight excluding hydrogens is 358 g/mol. The Morgan fingerprint density at radius 3 is 2.76 bits per heavy atom. The highest BCUT2D eigenvalue weighted by atomic mass is 79.9. The van der Waals surface area contributed by atoms with Gasteiger partial charge in [-0.2, -0.15) is 4.98 Å². The third kappa shape index (κ3) is 4.56. The van der Waals surface area contributed by atoms with Gasteiger partial charge in [-0.1, -0.05) is 27.5 Å². The van der Waals surface area contributed by atoms with E-state index in [0.717, 1.165) is 11.0 Å². The van der Waals surface area contributed by atoms with Gasteiger partial charge in [-0.05, 0) is 25.1 Å². The monoisotopic (exact) mass is 371 g/mol. The van der Waals surface area contributed by atoms with Gasteiger partial charge in [0.15, 0.2) is 5.82 Å². The molecule has 0 amide bonds. The molecule has 0 unspecified atom stereocenters. The highest BCUT2D eigenvalue weighted by molar-refractivity contribution is 9.10. The van der Waals surface area contributed by atoms with Gasteiger partial charge in [0.25, 0.3) is 0 Å². The molecule has 5 nitrogen and oxygen atoms in total. The SMILES string of the molecule is CCNc1cc(Oc2ccc(Br)cc2Cl)nc(COC)n1. The largest absolute Gasteiger partial charge is 0.437 e.